The number of nitro groups is 1. The summed E-state index contributed by atoms with van der Waals surface area (Å²) < 4.78 is 1.51. The fourth-order valence-corrected chi connectivity index (χ4v) is 1.13. The number of imidazole rings is 1. The molecular formula is C10H14N4O3. The van der Waals surface area contributed by atoms with Crippen LogP contribution in [0.25, 0.3) is 0 Å². The van der Waals surface area contributed by atoms with E-state index < -0.39 is 4.92 Å². The number of nitrogens with zero attached hydrogens (tertiary/aromatic N) is 3. The van der Waals surface area contributed by atoms with Crippen molar-refractivity contribution in [1.82, 2.24) is 14.9 Å². The summed E-state index contributed by atoms with van der Waals surface area (Å²) in [4.78, 5) is 24.7. The predicted molar refractivity (Wildman–Crippen MR) is 61.3 cm³/mol. The summed E-state index contributed by atoms with van der Waals surface area (Å²) in [5, 5.41) is 13.0. The van der Waals surface area contributed by atoms with Gasteiger partial charge in [-0.05, 0) is 16.8 Å². The number of aryl methyl sites for hydroxylation is 1. The molecular weight excluding hydrogens is 224 g/mol. The van der Waals surface area contributed by atoms with Crippen molar-refractivity contribution in [2.45, 2.75) is 19.9 Å². The van der Waals surface area contributed by atoms with Crippen molar-refractivity contribution < 1.29 is 9.72 Å². The van der Waals surface area contributed by atoms with Gasteiger partial charge in [0, 0.05) is 19.5 Å². The molecule has 1 N–H and O–H groups in total. The minimum absolute atomic E-state index is 0.121. The molecule has 0 aromatic carbocycles. The molecule has 17 heavy (non-hydrogen) atoms. The Morgan fingerprint density at radius 1 is 1.71 bits per heavy atom. The second-order valence-corrected chi connectivity index (χ2v) is 3.71. The van der Waals surface area contributed by atoms with E-state index in [-0.39, 0.29) is 18.1 Å². The van der Waals surface area contributed by atoms with E-state index in [1.807, 2.05) is 6.92 Å². The monoisotopic (exact) mass is 238 g/mol. The molecule has 0 saturated carbocycles. The van der Waals surface area contributed by atoms with Crippen LogP contribution >= 0.6 is 0 Å². The lowest BCUT2D eigenvalue weighted by Gasteiger charge is -2.04. The van der Waals surface area contributed by atoms with Crippen LogP contribution in [0, 0.1) is 10.1 Å². The van der Waals surface area contributed by atoms with Crippen LogP contribution in [0.2, 0.25) is 0 Å². The Bertz CT molecular complexity index is 439. The molecule has 0 spiro atoms. The van der Waals surface area contributed by atoms with Gasteiger partial charge in [-0.3, -0.25) is 4.79 Å². The zero-order chi connectivity index (χ0) is 12.8. The van der Waals surface area contributed by atoms with E-state index in [4.69, 9.17) is 0 Å². The third-order valence-corrected chi connectivity index (χ3v) is 1.99. The number of amides is 1. The van der Waals surface area contributed by atoms with Gasteiger partial charge in [0.1, 0.15) is 6.20 Å². The highest BCUT2D eigenvalue weighted by Gasteiger charge is 2.10. The van der Waals surface area contributed by atoms with Gasteiger partial charge in [-0.15, -0.1) is 0 Å². The number of hydrogen-bond acceptors (Lipinski definition) is 4. The van der Waals surface area contributed by atoms with Gasteiger partial charge in [-0.2, -0.15) is 0 Å². The average molecular weight is 238 g/mol. The maximum atomic E-state index is 11.3. The second kappa shape index (κ2) is 5.78. The first-order chi connectivity index (χ1) is 7.99. The van der Waals surface area contributed by atoms with Crippen molar-refractivity contribution in [3.8, 4) is 0 Å². The number of aromatic nitrogens is 2. The topological polar surface area (TPSA) is 90.1 Å². The zero-order valence-corrected chi connectivity index (χ0v) is 9.55. The summed E-state index contributed by atoms with van der Waals surface area (Å²) >= 11 is 0. The Morgan fingerprint density at radius 2 is 2.41 bits per heavy atom. The van der Waals surface area contributed by atoms with Crippen molar-refractivity contribution in [2.75, 3.05) is 6.54 Å². The fourth-order valence-electron chi connectivity index (χ4n) is 1.13. The van der Waals surface area contributed by atoms with E-state index in [0.29, 0.717) is 13.1 Å². The van der Waals surface area contributed by atoms with Gasteiger partial charge in [-0.25, -0.2) is 0 Å². The quantitative estimate of drug-likeness (QED) is 0.452. The molecule has 0 atom stereocenters. The molecule has 92 valence electrons. The molecule has 1 rings (SSSR count). The molecule has 7 heteroatoms. The Labute approximate surface area is 98.3 Å². The largest absolute Gasteiger partial charge is 0.381 e. The van der Waals surface area contributed by atoms with E-state index in [9.17, 15) is 14.9 Å². The summed E-state index contributed by atoms with van der Waals surface area (Å²) in [5.74, 6) is -0.336. The summed E-state index contributed by atoms with van der Waals surface area (Å²) in [6.07, 6.45) is 2.89. The van der Waals surface area contributed by atoms with Crippen molar-refractivity contribution in [3.05, 3.63) is 34.8 Å². The lowest BCUT2D eigenvalue weighted by atomic mass is 10.3. The van der Waals surface area contributed by atoms with Crippen molar-refractivity contribution in [2.24, 2.45) is 0 Å². The maximum Gasteiger partial charge on any atom is 0.381 e. The zero-order valence-electron chi connectivity index (χ0n) is 9.55. The van der Waals surface area contributed by atoms with E-state index in [1.165, 1.54) is 17.1 Å². The van der Waals surface area contributed by atoms with Crippen LogP contribution in [0.15, 0.2) is 24.7 Å². The second-order valence-electron chi connectivity index (χ2n) is 3.71. The molecule has 1 amide bonds. The summed E-state index contributed by atoms with van der Waals surface area (Å²) in [6.45, 7) is 6.29. The minimum Gasteiger partial charge on any atom is -0.358 e. The highest BCUT2D eigenvalue weighted by Crippen LogP contribution is 2.05. The molecule has 0 aliphatic rings. The van der Waals surface area contributed by atoms with Crippen molar-refractivity contribution in [3.63, 3.8) is 0 Å². The first kappa shape index (κ1) is 12.9. The molecule has 0 radical (unpaired) electrons. The fraction of sp³-hybridized carbons (Fsp3) is 0.400. The molecule has 0 saturated heterocycles. The first-order valence-corrected chi connectivity index (χ1v) is 5.06. The Morgan fingerprint density at radius 3 is 2.94 bits per heavy atom. The van der Waals surface area contributed by atoms with Crippen molar-refractivity contribution in [1.29, 1.82) is 0 Å². The molecule has 0 fully saturated rings. The third-order valence-electron chi connectivity index (χ3n) is 1.99. The van der Waals surface area contributed by atoms with Gasteiger partial charge < -0.3 is 20.0 Å². The molecule has 0 bridgehead atoms. The van der Waals surface area contributed by atoms with Gasteiger partial charge in [0.2, 0.25) is 12.2 Å². The Kier molecular flexibility index (Phi) is 4.38. The smallest absolute Gasteiger partial charge is 0.358 e. The third kappa shape index (κ3) is 4.45. The molecule has 1 heterocycles. The molecule has 1 aromatic heterocycles. The lowest BCUT2D eigenvalue weighted by molar-refractivity contribution is -0.389. The Balaban J connectivity index is 2.36. The van der Waals surface area contributed by atoms with E-state index >= 15 is 0 Å². The van der Waals surface area contributed by atoms with Crippen LogP contribution in [0.5, 0.6) is 0 Å². The number of nitrogens with one attached hydrogen (secondary N) is 1. The standard InChI is InChI=1S/C10H14N4O3/c1-8(2)5-11-10(15)3-4-13-6-9(12-7-13)14(16)17/h6-7H,1,3-5H2,2H3,(H,11,15). The summed E-state index contributed by atoms with van der Waals surface area (Å²) in [5.41, 5.74) is 0.872. The first-order valence-electron chi connectivity index (χ1n) is 5.06. The number of hydrogen-bond donors (Lipinski definition) is 1. The summed E-state index contributed by atoms with van der Waals surface area (Å²) in [6, 6.07) is 0. The minimum atomic E-state index is -0.572. The molecule has 0 aliphatic carbocycles. The SMILES string of the molecule is C=C(C)CNC(=O)CCn1cnc([N+](=O)[O-])c1. The van der Waals surface area contributed by atoms with Gasteiger partial charge in [0.25, 0.3) is 0 Å². The van der Waals surface area contributed by atoms with Gasteiger partial charge >= 0.3 is 5.82 Å². The highest BCUT2D eigenvalue weighted by atomic mass is 16.6. The lowest BCUT2D eigenvalue weighted by Crippen LogP contribution is -2.25. The van der Waals surface area contributed by atoms with Crippen LogP contribution in [-0.4, -0.2) is 26.9 Å². The number of carbonyl (C=O) groups is 1. The van der Waals surface area contributed by atoms with E-state index in [2.05, 4.69) is 16.9 Å². The van der Waals surface area contributed by atoms with Crippen LogP contribution in [0.3, 0.4) is 0 Å². The molecule has 7 nitrogen and oxygen atoms in total. The Hall–Kier alpha value is -2.18. The predicted octanol–water partition coefficient (Wildman–Crippen LogP) is 0.874. The van der Waals surface area contributed by atoms with Crippen molar-refractivity contribution >= 4 is 11.7 Å². The van der Waals surface area contributed by atoms with Gasteiger partial charge in [0.05, 0.1) is 0 Å². The summed E-state index contributed by atoms with van der Waals surface area (Å²) in [7, 11) is 0. The average Bonchev–Trinajstić information content (AvgIpc) is 2.72. The van der Waals surface area contributed by atoms with E-state index in [0.717, 1.165) is 5.57 Å². The van der Waals surface area contributed by atoms with Crippen LogP contribution in [-0.2, 0) is 11.3 Å². The molecule has 0 unspecified atom stereocenters. The van der Waals surface area contributed by atoms with Gasteiger partial charge in [-0.1, -0.05) is 12.2 Å². The van der Waals surface area contributed by atoms with Crippen LogP contribution in [0.1, 0.15) is 13.3 Å². The highest BCUT2D eigenvalue weighted by molar-refractivity contribution is 5.76. The van der Waals surface area contributed by atoms with Crippen LogP contribution < -0.4 is 5.32 Å². The van der Waals surface area contributed by atoms with Crippen LogP contribution in [0.4, 0.5) is 5.82 Å². The molecule has 0 aliphatic heterocycles. The normalized spacial score (nSPS) is 9.94. The van der Waals surface area contributed by atoms with E-state index in [1.54, 1.807) is 0 Å². The number of carbonyl (C=O) groups excluding carboxylic acids is 1. The molecule has 1 aromatic rings. The number of rotatable bonds is 6. The van der Waals surface area contributed by atoms with Gasteiger partial charge in [0.15, 0.2) is 0 Å². The maximum absolute atomic E-state index is 11.3.